The maximum absolute atomic E-state index is 11.7. The van der Waals surface area contributed by atoms with Gasteiger partial charge in [0.1, 0.15) is 18.3 Å². The number of aromatic nitrogens is 1. The van der Waals surface area contributed by atoms with Crippen LogP contribution in [0.3, 0.4) is 0 Å². The second-order valence-electron chi connectivity index (χ2n) is 3.51. The molecule has 0 unspecified atom stereocenters. The van der Waals surface area contributed by atoms with E-state index in [2.05, 4.69) is 10.3 Å². The zero-order valence-electron chi connectivity index (χ0n) is 9.38. The zero-order valence-corrected chi connectivity index (χ0v) is 10.2. The summed E-state index contributed by atoms with van der Waals surface area (Å²) in [7, 11) is 0. The molecule has 2 aromatic rings. The Bertz CT molecular complexity index is 717. The molecule has 2 aromatic heterocycles. The van der Waals surface area contributed by atoms with E-state index in [4.69, 9.17) is 10.4 Å². The Morgan fingerprint density at radius 2 is 2.26 bits per heavy atom. The van der Waals surface area contributed by atoms with Gasteiger partial charge in [0.15, 0.2) is 11.4 Å². The van der Waals surface area contributed by atoms with Crippen molar-refractivity contribution in [1.82, 2.24) is 10.3 Å². The first kappa shape index (κ1) is 12.8. The molecular weight excluding hydrogens is 270 g/mol. The molecule has 0 saturated carbocycles. The number of carbonyl (C=O) groups is 2. The maximum atomic E-state index is 11.7. The molecule has 0 fully saturated rings. The molecule has 0 radical (unpaired) electrons. The summed E-state index contributed by atoms with van der Waals surface area (Å²) < 4.78 is 0.368. The maximum Gasteiger partial charge on any atom is 0.322 e. The van der Waals surface area contributed by atoms with Crippen molar-refractivity contribution in [3.63, 3.8) is 0 Å². The van der Waals surface area contributed by atoms with Crippen LogP contribution < -0.4 is 5.32 Å². The molecule has 1 amide bonds. The second-order valence-corrected chi connectivity index (χ2v) is 4.43. The van der Waals surface area contributed by atoms with E-state index in [9.17, 15) is 14.7 Å². The Morgan fingerprint density at radius 3 is 2.89 bits per heavy atom. The third-order valence-electron chi connectivity index (χ3n) is 2.30. The van der Waals surface area contributed by atoms with E-state index >= 15 is 0 Å². The number of nitriles is 1. The van der Waals surface area contributed by atoms with Crippen molar-refractivity contribution in [2.75, 3.05) is 6.54 Å². The van der Waals surface area contributed by atoms with Gasteiger partial charge in [-0.2, -0.15) is 5.26 Å². The standard InChI is InChI=1S/C11H7N3O4S/c12-3-6-5-1-2-19-10(5)9(17)8(14-6)11(18)13-4-7(15)16/h1-2,17H,4H2,(H,13,18)(H,15,16). The molecule has 0 aromatic carbocycles. The average Bonchev–Trinajstić information content (AvgIpc) is 2.86. The van der Waals surface area contributed by atoms with Crippen LogP contribution in [0.4, 0.5) is 0 Å². The Balaban J connectivity index is 2.49. The van der Waals surface area contributed by atoms with E-state index in [1.807, 2.05) is 6.07 Å². The fourth-order valence-electron chi connectivity index (χ4n) is 1.49. The first-order valence-corrected chi connectivity index (χ1v) is 5.92. The molecule has 2 heterocycles. The number of rotatable bonds is 3. The summed E-state index contributed by atoms with van der Waals surface area (Å²) in [6.07, 6.45) is 0. The van der Waals surface area contributed by atoms with Crippen molar-refractivity contribution in [2.24, 2.45) is 0 Å². The lowest BCUT2D eigenvalue weighted by molar-refractivity contribution is -0.135. The number of aliphatic carboxylic acids is 1. The van der Waals surface area contributed by atoms with Crippen molar-refractivity contribution < 1.29 is 19.8 Å². The van der Waals surface area contributed by atoms with Gasteiger partial charge in [-0.1, -0.05) is 0 Å². The van der Waals surface area contributed by atoms with E-state index in [0.717, 1.165) is 11.3 Å². The second kappa shape index (κ2) is 4.91. The number of carboxylic acid groups (broad SMARTS) is 1. The number of hydrogen-bond acceptors (Lipinski definition) is 6. The van der Waals surface area contributed by atoms with Gasteiger partial charge in [0.25, 0.3) is 5.91 Å². The predicted molar refractivity (Wildman–Crippen MR) is 66.0 cm³/mol. The quantitative estimate of drug-likeness (QED) is 0.758. The van der Waals surface area contributed by atoms with Crippen LogP contribution in [0.15, 0.2) is 11.4 Å². The van der Waals surface area contributed by atoms with Crippen LogP contribution >= 0.6 is 11.3 Å². The molecule has 96 valence electrons. The van der Waals surface area contributed by atoms with E-state index in [1.54, 1.807) is 11.4 Å². The molecule has 8 heteroatoms. The van der Waals surface area contributed by atoms with E-state index in [0.29, 0.717) is 10.1 Å². The number of carboxylic acids is 1. The molecule has 7 nitrogen and oxygen atoms in total. The Hall–Kier alpha value is -2.66. The van der Waals surface area contributed by atoms with Crippen LogP contribution in [0.5, 0.6) is 5.75 Å². The Morgan fingerprint density at radius 1 is 1.53 bits per heavy atom. The lowest BCUT2D eigenvalue weighted by Gasteiger charge is -2.05. The topological polar surface area (TPSA) is 123 Å². The van der Waals surface area contributed by atoms with E-state index in [1.165, 1.54) is 0 Å². The Labute approximate surface area is 110 Å². The molecule has 0 atom stereocenters. The van der Waals surface area contributed by atoms with Crippen molar-refractivity contribution in [2.45, 2.75) is 0 Å². The summed E-state index contributed by atoms with van der Waals surface area (Å²) >= 11 is 1.16. The molecule has 0 aliphatic carbocycles. The fraction of sp³-hybridized carbons (Fsp3) is 0.0909. The minimum Gasteiger partial charge on any atom is -0.504 e. The number of fused-ring (bicyclic) bond motifs is 1. The number of carbonyl (C=O) groups excluding carboxylic acids is 1. The molecule has 2 rings (SSSR count). The largest absolute Gasteiger partial charge is 0.504 e. The summed E-state index contributed by atoms with van der Waals surface area (Å²) in [4.78, 5) is 25.8. The molecule has 19 heavy (non-hydrogen) atoms. The monoisotopic (exact) mass is 277 g/mol. The number of nitrogens with zero attached hydrogens (tertiary/aromatic N) is 2. The highest BCUT2D eigenvalue weighted by molar-refractivity contribution is 7.17. The molecule has 0 aliphatic rings. The first-order chi connectivity index (χ1) is 9.04. The lowest BCUT2D eigenvalue weighted by atomic mass is 10.2. The molecule has 0 aliphatic heterocycles. The number of thiophene rings is 1. The van der Waals surface area contributed by atoms with Gasteiger partial charge in [-0.3, -0.25) is 9.59 Å². The number of pyridine rings is 1. The summed E-state index contributed by atoms with van der Waals surface area (Å²) in [6, 6.07) is 3.45. The van der Waals surface area contributed by atoms with Gasteiger partial charge in [-0.25, -0.2) is 4.98 Å². The number of amides is 1. The molecule has 0 spiro atoms. The molecule has 0 bridgehead atoms. The molecule has 0 saturated heterocycles. The third-order valence-corrected chi connectivity index (χ3v) is 3.23. The Kier molecular flexibility index (Phi) is 3.31. The highest BCUT2D eigenvalue weighted by Crippen LogP contribution is 2.33. The van der Waals surface area contributed by atoms with Crippen molar-refractivity contribution in [3.8, 4) is 11.8 Å². The predicted octanol–water partition coefficient (Wildman–Crippen LogP) is 0.688. The minimum atomic E-state index is -1.22. The summed E-state index contributed by atoms with van der Waals surface area (Å²) in [5.74, 6) is -2.41. The zero-order chi connectivity index (χ0) is 14.0. The van der Waals surface area contributed by atoms with Crippen LogP contribution in [-0.4, -0.2) is 33.6 Å². The molecular formula is C11H7N3O4S. The van der Waals surface area contributed by atoms with Crippen LogP contribution in [-0.2, 0) is 4.79 Å². The van der Waals surface area contributed by atoms with Crippen molar-refractivity contribution in [3.05, 3.63) is 22.8 Å². The minimum absolute atomic E-state index is 0.00882. The van der Waals surface area contributed by atoms with Crippen molar-refractivity contribution >= 4 is 33.3 Å². The summed E-state index contributed by atoms with van der Waals surface area (Å²) in [5, 5.41) is 31.5. The van der Waals surface area contributed by atoms with E-state index < -0.39 is 18.4 Å². The van der Waals surface area contributed by atoms with Gasteiger partial charge in [-0.05, 0) is 11.4 Å². The van der Waals surface area contributed by atoms with Gasteiger partial charge in [0.05, 0.1) is 4.70 Å². The summed E-state index contributed by atoms with van der Waals surface area (Å²) in [5.41, 5.74) is -0.345. The SMILES string of the molecule is N#Cc1nc(C(=O)NCC(=O)O)c(O)c2sccc12. The van der Waals surface area contributed by atoms with Crippen LogP contribution in [0, 0.1) is 11.3 Å². The van der Waals surface area contributed by atoms with Gasteiger partial charge in [-0.15, -0.1) is 11.3 Å². The third kappa shape index (κ3) is 2.31. The number of nitrogens with one attached hydrogen (secondary N) is 1. The van der Waals surface area contributed by atoms with Gasteiger partial charge in [0, 0.05) is 5.39 Å². The van der Waals surface area contributed by atoms with Gasteiger partial charge >= 0.3 is 5.97 Å². The van der Waals surface area contributed by atoms with E-state index in [-0.39, 0.29) is 17.1 Å². The van der Waals surface area contributed by atoms with Crippen LogP contribution in [0.25, 0.3) is 10.1 Å². The lowest BCUT2D eigenvalue weighted by Crippen LogP contribution is -2.30. The summed E-state index contributed by atoms with van der Waals surface area (Å²) in [6.45, 7) is -0.593. The van der Waals surface area contributed by atoms with Crippen molar-refractivity contribution in [1.29, 1.82) is 5.26 Å². The number of hydrogen-bond donors (Lipinski definition) is 3. The van der Waals surface area contributed by atoms with Gasteiger partial charge in [0.2, 0.25) is 0 Å². The van der Waals surface area contributed by atoms with Gasteiger partial charge < -0.3 is 15.5 Å². The number of aromatic hydroxyl groups is 1. The highest BCUT2D eigenvalue weighted by Gasteiger charge is 2.20. The van der Waals surface area contributed by atoms with Crippen LogP contribution in [0.2, 0.25) is 0 Å². The average molecular weight is 277 g/mol. The highest BCUT2D eigenvalue weighted by atomic mass is 32.1. The van der Waals surface area contributed by atoms with Crippen LogP contribution in [0.1, 0.15) is 16.2 Å². The smallest absolute Gasteiger partial charge is 0.322 e. The first-order valence-electron chi connectivity index (χ1n) is 5.05. The fourth-order valence-corrected chi connectivity index (χ4v) is 2.33. The normalized spacial score (nSPS) is 10.1. The molecule has 3 N–H and O–H groups in total.